The van der Waals surface area contributed by atoms with E-state index in [1.54, 1.807) is 36.6 Å². The summed E-state index contributed by atoms with van der Waals surface area (Å²) in [5.41, 5.74) is 0.896. The molecule has 0 saturated heterocycles. The molecule has 0 bridgehead atoms. The Morgan fingerprint density at radius 1 is 1.06 bits per heavy atom. The molecule has 2 aromatic heterocycles. The third-order valence-corrected chi connectivity index (χ3v) is 6.18. The van der Waals surface area contributed by atoms with Gasteiger partial charge in [0, 0.05) is 43.8 Å². The quantitative estimate of drug-likeness (QED) is 0.560. The molecule has 4 rings (SSSR count). The van der Waals surface area contributed by atoms with Gasteiger partial charge >= 0.3 is 0 Å². The number of rotatable bonds is 7. The van der Waals surface area contributed by atoms with E-state index in [-0.39, 0.29) is 23.7 Å². The fraction of sp³-hybridized carbons (Fsp3) is 0.360. The lowest BCUT2D eigenvalue weighted by atomic mass is 9.95. The predicted octanol–water partition coefficient (Wildman–Crippen LogP) is 2.84. The molecule has 1 aliphatic rings. The molecule has 3 aromatic rings. The van der Waals surface area contributed by atoms with Crippen molar-refractivity contribution in [3.05, 3.63) is 76.0 Å². The number of methoxy groups -OCH3 is 1. The topological polar surface area (TPSA) is 107 Å². The summed E-state index contributed by atoms with van der Waals surface area (Å²) in [5.74, 6) is -0.344. The van der Waals surface area contributed by atoms with E-state index in [4.69, 9.17) is 4.74 Å². The zero-order chi connectivity index (χ0) is 24.1. The summed E-state index contributed by atoms with van der Waals surface area (Å²) in [4.78, 5) is 38.3. The Labute approximate surface area is 197 Å². The van der Waals surface area contributed by atoms with Crippen molar-refractivity contribution in [3.8, 4) is 11.4 Å². The highest BCUT2D eigenvalue weighted by Gasteiger charge is 2.22. The zero-order valence-corrected chi connectivity index (χ0v) is 19.4. The van der Waals surface area contributed by atoms with Crippen molar-refractivity contribution in [1.82, 2.24) is 25.0 Å². The van der Waals surface area contributed by atoms with Gasteiger partial charge in [-0.2, -0.15) is 5.10 Å². The Kier molecular flexibility index (Phi) is 7.10. The van der Waals surface area contributed by atoms with Crippen LogP contribution < -0.4 is 20.8 Å². The number of benzene rings is 1. The number of hydrogen-bond acceptors (Lipinski definition) is 5. The first-order chi connectivity index (χ1) is 16.5. The minimum atomic E-state index is -0.575. The third-order valence-electron chi connectivity index (χ3n) is 6.18. The second-order valence-corrected chi connectivity index (χ2v) is 8.38. The fourth-order valence-electron chi connectivity index (χ4n) is 4.33. The van der Waals surface area contributed by atoms with Gasteiger partial charge in [-0.15, -0.1) is 0 Å². The number of aromatic nitrogens is 3. The van der Waals surface area contributed by atoms with Crippen LogP contribution >= 0.6 is 0 Å². The van der Waals surface area contributed by atoms with E-state index < -0.39 is 17.2 Å². The molecule has 0 aliphatic heterocycles. The van der Waals surface area contributed by atoms with Crippen molar-refractivity contribution in [2.45, 2.75) is 44.7 Å². The highest BCUT2D eigenvalue weighted by atomic mass is 16.5. The number of carbonyl (C=O) groups excluding carboxylic acids is 2. The van der Waals surface area contributed by atoms with Gasteiger partial charge in [-0.25, -0.2) is 4.68 Å². The van der Waals surface area contributed by atoms with Crippen LogP contribution in [0.5, 0.6) is 5.75 Å². The molecule has 1 aliphatic carbocycles. The van der Waals surface area contributed by atoms with Gasteiger partial charge in [0.2, 0.25) is 5.43 Å². The molecule has 2 amide bonds. The number of nitrogens with zero attached hydrogens (tertiary/aromatic N) is 3. The van der Waals surface area contributed by atoms with Crippen LogP contribution in [0.4, 0.5) is 0 Å². The number of pyridine rings is 1. The molecule has 1 saturated carbocycles. The van der Waals surface area contributed by atoms with Gasteiger partial charge in [0.25, 0.3) is 11.8 Å². The van der Waals surface area contributed by atoms with Crippen molar-refractivity contribution < 1.29 is 14.3 Å². The lowest BCUT2D eigenvalue weighted by molar-refractivity contribution is 0.0948. The van der Waals surface area contributed by atoms with Gasteiger partial charge in [-0.05, 0) is 25.0 Å². The third kappa shape index (κ3) is 4.88. The number of ether oxygens (including phenoxy) is 1. The standard InChI is InChI=1S/C25H29N5O4/c1-26-24(32)19-15-29(18-8-4-3-5-9-18)16-20(23(19)31)25(33)27-12-17-13-28-30(14-17)21-10-6-7-11-22(21)34-2/h6-7,10-11,13-16,18H,3-5,8-9,12H2,1-2H3,(H,26,32)(H,27,33). The van der Waals surface area contributed by atoms with Gasteiger partial charge in [0.05, 0.1) is 13.3 Å². The largest absolute Gasteiger partial charge is 0.494 e. The molecule has 0 atom stereocenters. The van der Waals surface area contributed by atoms with Gasteiger partial charge in [0.1, 0.15) is 22.6 Å². The van der Waals surface area contributed by atoms with Crippen LogP contribution in [-0.4, -0.2) is 40.3 Å². The second kappa shape index (κ2) is 10.4. The Morgan fingerprint density at radius 3 is 2.47 bits per heavy atom. The number of nitrogens with one attached hydrogen (secondary N) is 2. The van der Waals surface area contributed by atoms with Crippen LogP contribution in [0.2, 0.25) is 0 Å². The van der Waals surface area contributed by atoms with E-state index in [1.165, 1.54) is 13.5 Å². The van der Waals surface area contributed by atoms with Crippen LogP contribution in [-0.2, 0) is 6.54 Å². The fourth-order valence-corrected chi connectivity index (χ4v) is 4.33. The minimum absolute atomic E-state index is 0.0234. The second-order valence-electron chi connectivity index (χ2n) is 8.38. The normalized spacial score (nSPS) is 13.9. The molecule has 1 aromatic carbocycles. The summed E-state index contributed by atoms with van der Waals surface area (Å²) < 4.78 is 8.91. The maximum atomic E-state index is 13.0. The Balaban J connectivity index is 1.55. The molecular weight excluding hydrogens is 434 g/mol. The number of hydrogen-bond donors (Lipinski definition) is 2. The Hall–Kier alpha value is -3.88. The maximum absolute atomic E-state index is 13.0. The van der Waals surface area contributed by atoms with E-state index in [0.29, 0.717) is 5.75 Å². The first kappa shape index (κ1) is 23.3. The van der Waals surface area contributed by atoms with E-state index in [2.05, 4.69) is 15.7 Å². The molecule has 178 valence electrons. The SMILES string of the molecule is CNC(=O)c1cn(C2CCCCC2)cc(C(=O)NCc2cnn(-c3ccccc3OC)c2)c1=O. The number of amides is 2. The summed E-state index contributed by atoms with van der Waals surface area (Å²) in [6, 6.07) is 7.66. The summed E-state index contributed by atoms with van der Waals surface area (Å²) >= 11 is 0. The molecule has 9 heteroatoms. The smallest absolute Gasteiger partial charge is 0.257 e. The Morgan fingerprint density at radius 2 is 1.76 bits per heavy atom. The minimum Gasteiger partial charge on any atom is -0.494 e. The van der Waals surface area contributed by atoms with Gasteiger partial charge < -0.3 is 19.9 Å². The summed E-state index contributed by atoms with van der Waals surface area (Å²) in [5, 5.41) is 9.65. The van der Waals surface area contributed by atoms with Gasteiger partial charge in [-0.1, -0.05) is 31.4 Å². The van der Waals surface area contributed by atoms with Crippen molar-refractivity contribution in [2.75, 3.05) is 14.2 Å². The zero-order valence-electron chi connectivity index (χ0n) is 19.4. The molecule has 9 nitrogen and oxygen atoms in total. The molecule has 2 heterocycles. The van der Waals surface area contributed by atoms with E-state index >= 15 is 0 Å². The lowest BCUT2D eigenvalue weighted by Gasteiger charge is -2.25. The van der Waals surface area contributed by atoms with E-state index in [0.717, 1.165) is 36.9 Å². The number of carbonyl (C=O) groups is 2. The van der Waals surface area contributed by atoms with Crippen LogP contribution in [0.25, 0.3) is 5.69 Å². The van der Waals surface area contributed by atoms with E-state index in [1.807, 2.05) is 28.8 Å². The maximum Gasteiger partial charge on any atom is 0.257 e. The highest BCUT2D eigenvalue weighted by molar-refractivity contribution is 5.99. The van der Waals surface area contributed by atoms with Crippen LogP contribution in [0.3, 0.4) is 0 Å². The average Bonchev–Trinajstić information content (AvgIpc) is 3.36. The molecule has 0 spiro atoms. The summed E-state index contributed by atoms with van der Waals surface area (Å²) in [7, 11) is 3.06. The van der Waals surface area contributed by atoms with E-state index in [9.17, 15) is 14.4 Å². The van der Waals surface area contributed by atoms with Gasteiger partial charge in [-0.3, -0.25) is 14.4 Å². The predicted molar refractivity (Wildman–Crippen MR) is 128 cm³/mol. The Bertz CT molecular complexity index is 1240. The monoisotopic (exact) mass is 463 g/mol. The van der Waals surface area contributed by atoms with Crippen LogP contribution in [0.15, 0.2) is 53.8 Å². The summed E-state index contributed by atoms with van der Waals surface area (Å²) in [6.45, 7) is 0.182. The summed E-state index contributed by atoms with van der Waals surface area (Å²) in [6.07, 6.45) is 11.9. The molecular formula is C25H29N5O4. The van der Waals surface area contributed by atoms with Gasteiger partial charge in [0.15, 0.2) is 0 Å². The average molecular weight is 464 g/mol. The molecule has 0 radical (unpaired) electrons. The highest BCUT2D eigenvalue weighted by Crippen LogP contribution is 2.28. The lowest BCUT2D eigenvalue weighted by Crippen LogP contribution is -2.35. The first-order valence-electron chi connectivity index (χ1n) is 11.4. The van der Waals surface area contributed by atoms with Crippen molar-refractivity contribution in [1.29, 1.82) is 0 Å². The van der Waals surface area contributed by atoms with Crippen LogP contribution in [0, 0.1) is 0 Å². The van der Waals surface area contributed by atoms with Crippen molar-refractivity contribution in [3.63, 3.8) is 0 Å². The molecule has 34 heavy (non-hydrogen) atoms. The molecule has 2 N–H and O–H groups in total. The molecule has 0 unspecified atom stereocenters. The molecule has 1 fully saturated rings. The van der Waals surface area contributed by atoms with Crippen molar-refractivity contribution in [2.24, 2.45) is 0 Å². The first-order valence-corrected chi connectivity index (χ1v) is 11.4. The van der Waals surface area contributed by atoms with Crippen LogP contribution in [0.1, 0.15) is 64.4 Å². The van der Waals surface area contributed by atoms with Crippen molar-refractivity contribution >= 4 is 11.8 Å². The number of para-hydroxylation sites is 2.